The fourth-order valence-corrected chi connectivity index (χ4v) is 4.37. The van der Waals surface area contributed by atoms with Crippen LogP contribution in [0.1, 0.15) is 25.3 Å². The Labute approximate surface area is 188 Å². The van der Waals surface area contributed by atoms with Gasteiger partial charge in [-0.25, -0.2) is 4.98 Å². The summed E-state index contributed by atoms with van der Waals surface area (Å²) in [6.45, 7) is 8.16. The average Bonchev–Trinajstić information content (AvgIpc) is 3.62. The molecule has 2 aliphatic rings. The number of nitrogens with zero attached hydrogens (tertiary/aromatic N) is 3. The van der Waals surface area contributed by atoms with Gasteiger partial charge in [0, 0.05) is 48.3 Å². The normalized spacial score (nSPS) is 17.6. The zero-order chi connectivity index (χ0) is 21.4. The second-order valence-corrected chi connectivity index (χ2v) is 9.07. The molecule has 0 spiro atoms. The first-order valence-corrected chi connectivity index (χ1v) is 11.5. The van der Waals surface area contributed by atoms with Crippen LogP contribution in [0.5, 0.6) is 0 Å². The summed E-state index contributed by atoms with van der Waals surface area (Å²) in [5, 5.41) is 12.3. The predicted molar refractivity (Wildman–Crippen MR) is 130 cm³/mol. The predicted octanol–water partition coefficient (Wildman–Crippen LogP) is 4.96. The Bertz CT molecular complexity index is 1090. The maximum absolute atomic E-state index is 6.34. The van der Waals surface area contributed by atoms with Gasteiger partial charge in [-0.2, -0.15) is 4.98 Å². The fraction of sp³-hybridized carbons (Fsp3) is 0.417. The zero-order valence-electron chi connectivity index (χ0n) is 18.1. The lowest BCUT2D eigenvalue weighted by Crippen LogP contribution is -2.43. The second kappa shape index (κ2) is 8.52. The number of benzene rings is 2. The smallest absolute Gasteiger partial charge is 0.229 e. The first-order valence-electron chi connectivity index (χ1n) is 11.1. The summed E-state index contributed by atoms with van der Waals surface area (Å²) in [7, 11) is 0. The van der Waals surface area contributed by atoms with E-state index in [1.54, 1.807) is 0 Å². The lowest BCUT2D eigenvalue weighted by molar-refractivity contribution is 0.590. The molecule has 3 aromatic rings. The molecular formula is C24H29ClN6. The Hall–Kier alpha value is -2.57. The van der Waals surface area contributed by atoms with Gasteiger partial charge in [0.1, 0.15) is 11.3 Å². The Morgan fingerprint density at radius 3 is 2.68 bits per heavy atom. The van der Waals surface area contributed by atoms with Crippen molar-refractivity contribution in [1.82, 2.24) is 15.3 Å². The number of anilines is 4. The van der Waals surface area contributed by atoms with Crippen LogP contribution in [0.2, 0.25) is 5.02 Å². The summed E-state index contributed by atoms with van der Waals surface area (Å²) in [5.74, 6) is 2.20. The highest BCUT2D eigenvalue weighted by Crippen LogP contribution is 2.36. The molecule has 1 saturated heterocycles. The fourth-order valence-electron chi connectivity index (χ4n) is 4.19. The SMILES string of the molecule is Cc1ccc(Nc2nc(N[C@H](C)C3CC3)c3cccc(N4CCNCC4)c3n2)cc1Cl. The van der Waals surface area contributed by atoms with E-state index in [4.69, 9.17) is 21.6 Å². The van der Waals surface area contributed by atoms with Crippen LogP contribution in [-0.2, 0) is 0 Å². The third kappa shape index (κ3) is 4.41. The number of hydrogen-bond acceptors (Lipinski definition) is 6. The molecule has 1 atom stereocenters. The molecule has 2 fully saturated rings. The van der Waals surface area contributed by atoms with Crippen molar-refractivity contribution in [2.75, 3.05) is 41.7 Å². The molecule has 6 nitrogen and oxygen atoms in total. The van der Waals surface area contributed by atoms with E-state index in [0.717, 1.165) is 70.8 Å². The van der Waals surface area contributed by atoms with Gasteiger partial charge < -0.3 is 20.9 Å². The van der Waals surface area contributed by atoms with Crippen LogP contribution < -0.4 is 20.9 Å². The van der Waals surface area contributed by atoms with Gasteiger partial charge in [0.2, 0.25) is 5.95 Å². The summed E-state index contributed by atoms with van der Waals surface area (Å²) >= 11 is 6.34. The second-order valence-electron chi connectivity index (χ2n) is 8.67. The van der Waals surface area contributed by atoms with Gasteiger partial charge in [-0.1, -0.05) is 23.7 Å². The number of aryl methyl sites for hydroxylation is 1. The minimum Gasteiger partial charge on any atom is -0.367 e. The average molecular weight is 437 g/mol. The molecule has 3 N–H and O–H groups in total. The molecule has 0 unspecified atom stereocenters. The van der Waals surface area contributed by atoms with Gasteiger partial charge in [0.05, 0.1) is 5.69 Å². The van der Waals surface area contributed by atoms with E-state index in [0.29, 0.717) is 12.0 Å². The van der Waals surface area contributed by atoms with E-state index in [9.17, 15) is 0 Å². The van der Waals surface area contributed by atoms with Crippen molar-refractivity contribution in [3.63, 3.8) is 0 Å². The number of hydrogen-bond donors (Lipinski definition) is 3. The molecule has 1 aliphatic heterocycles. The van der Waals surface area contributed by atoms with Gasteiger partial charge in [-0.05, 0) is 62.4 Å². The molecule has 1 aliphatic carbocycles. The third-order valence-corrected chi connectivity index (χ3v) is 6.69. The quantitative estimate of drug-likeness (QED) is 0.507. The molecule has 0 amide bonds. The topological polar surface area (TPSA) is 65.1 Å². The van der Waals surface area contributed by atoms with Gasteiger partial charge in [-0.3, -0.25) is 0 Å². The minimum absolute atomic E-state index is 0.391. The van der Waals surface area contributed by atoms with E-state index in [-0.39, 0.29) is 0 Å². The number of rotatable bonds is 6. The summed E-state index contributed by atoms with van der Waals surface area (Å²) < 4.78 is 0. The first kappa shape index (κ1) is 20.3. The van der Waals surface area contributed by atoms with E-state index >= 15 is 0 Å². The van der Waals surface area contributed by atoms with Crippen LogP contribution in [0.25, 0.3) is 10.9 Å². The lowest BCUT2D eigenvalue weighted by atomic mass is 10.1. The molecule has 0 bridgehead atoms. The Morgan fingerprint density at radius 2 is 1.94 bits per heavy atom. The highest BCUT2D eigenvalue weighted by atomic mass is 35.5. The van der Waals surface area contributed by atoms with Crippen LogP contribution >= 0.6 is 11.6 Å². The van der Waals surface area contributed by atoms with Gasteiger partial charge in [0.15, 0.2) is 0 Å². The summed E-state index contributed by atoms with van der Waals surface area (Å²) in [5.41, 5.74) is 4.07. The molecular weight excluding hydrogens is 408 g/mol. The number of fused-ring (bicyclic) bond motifs is 1. The van der Waals surface area contributed by atoms with E-state index in [1.807, 2.05) is 25.1 Å². The standard InChI is InChI=1S/C24H29ClN6/c1-15-6-9-18(14-20(15)25)28-24-29-22-19(23(30-24)27-16(2)17-7-8-17)4-3-5-21(22)31-12-10-26-11-13-31/h3-6,9,14,16-17,26H,7-8,10-13H2,1-2H3,(H2,27,28,29,30)/t16-/m1/s1. The summed E-state index contributed by atoms with van der Waals surface area (Å²) in [6.07, 6.45) is 2.58. The van der Waals surface area contributed by atoms with E-state index in [1.165, 1.54) is 12.8 Å². The highest BCUT2D eigenvalue weighted by Gasteiger charge is 2.29. The molecule has 0 radical (unpaired) electrons. The molecule has 5 rings (SSSR count). The van der Waals surface area contributed by atoms with Crippen molar-refractivity contribution in [3.8, 4) is 0 Å². The zero-order valence-corrected chi connectivity index (χ0v) is 18.8. The van der Waals surface area contributed by atoms with Crippen molar-refractivity contribution in [3.05, 3.63) is 47.0 Å². The van der Waals surface area contributed by atoms with Crippen molar-refractivity contribution in [2.24, 2.45) is 5.92 Å². The number of halogens is 1. The minimum atomic E-state index is 0.391. The maximum Gasteiger partial charge on any atom is 0.229 e. The molecule has 1 saturated carbocycles. The first-order chi connectivity index (χ1) is 15.1. The van der Waals surface area contributed by atoms with Crippen molar-refractivity contribution in [2.45, 2.75) is 32.7 Å². The summed E-state index contributed by atoms with van der Waals surface area (Å²) in [4.78, 5) is 12.2. The van der Waals surface area contributed by atoms with Gasteiger partial charge in [0.25, 0.3) is 0 Å². The van der Waals surface area contributed by atoms with Crippen LogP contribution in [-0.4, -0.2) is 42.2 Å². The number of para-hydroxylation sites is 1. The molecule has 7 heteroatoms. The molecule has 162 valence electrons. The van der Waals surface area contributed by atoms with Crippen molar-refractivity contribution >= 4 is 45.6 Å². The summed E-state index contributed by atoms with van der Waals surface area (Å²) in [6, 6.07) is 12.7. The molecule has 2 aromatic carbocycles. The maximum atomic E-state index is 6.34. The van der Waals surface area contributed by atoms with Crippen molar-refractivity contribution in [1.29, 1.82) is 0 Å². The van der Waals surface area contributed by atoms with Crippen LogP contribution in [0.4, 0.5) is 23.1 Å². The van der Waals surface area contributed by atoms with Gasteiger partial charge >= 0.3 is 0 Å². The Kier molecular flexibility index (Phi) is 5.59. The lowest BCUT2D eigenvalue weighted by Gasteiger charge is -2.30. The highest BCUT2D eigenvalue weighted by molar-refractivity contribution is 6.31. The van der Waals surface area contributed by atoms with Gasteiger partial charge in [-0.15, -0.1) is 0 Å². The number of nitrogens with one attached hydrogen (secondary N) is 3. The van der Waals surface area contributed by atoms with E-state index in [2.05, 4.69) is 46.0 Å². The molecule has 31 heavy (non-hydrogen) atoms. The third-order valence-electron chi connectivity index (χ3n) is 6.28. The van der Waals surface area contributed by atoms with Crippen molar-refractivity contribution < 1.29 is 0 Å². The largest absolute Gasteiger partial charge is 0.367 e. The number of aromatic nitrogens is 2. The van der Waals surface area contributed by atoms with Crippen LogP contribution in [0, 0.1) is 12.8 Å². The monoisotopic (exact) mass is 436 g/mol. The Balaban J connectivity index is 1.57. The Morgan fingerprint density at radius 1 is 1.13 bits per heavy atom. The van der Waals surface area contributed by atoms with E-state index < -0.39 is 0 Å². The van der Waals surface area contributed by atoms with Crippen LogP contribution in [0.15, 0.2) is 36.4 Å². The molecule has 2 heterocycles. The van der Waals surface area contributed by atoms with Crippen LogP contribution in [0.3, 0.4) is 0 Å². The molecule has 1 aromatic heterocycles. The number of piperazine rings is 1.